The second-order valence-electron chi connectivity index (χ2n) is 6.38. The summed E-state index contributed by atoms with van der Waals surface area (Å²) in [6, 6.07) is 7.60. The molecule has 4 heteroatoms. The lowest BCUT2D eigenvalue weighted by molar-refractivity contribution is -0.124. The number of Topliss-reactive ketones (excluding diaryl/α,β-unsaturated/α-hetero) is 1. The molecule has 128 valence electrons. The number of carbonyl (C=O) groups is 1. The third-order valence-electron chi connectivity index (χ3n) is 4.60. The van der Waals surface area contributed by atoms with E-state index in [2.05, 4.69) is 4.90 Å². The highest BCUT2D eigenvalue weighted by atomic mass is 16.5. The number of ether oxygens (including phenoxy) is 2. The quantitative estimate of drug-likeness (QED) is 0.698. The average Bonchev–Trinajstić information content (AvgIpc) is 2.61. The Kier molecular flexibility index (Phi) is 7.40. The molecule has 0 saturated heterocycles. The predicted molar refractivity (Wildman–Crippen MR) is 92.2 cm³/mol. The van der Waals surface area contributed by atoms with Gasteiger partial charge in [-0.1, -0.05) is 19.3 Å². The third-order valence-corrected chi connectivity index (χ3v) is 4.60. The van der Waals surface area contributed by atoms with Gasteiger partial charge in [0.25, 0.3) is 0 Å². The first-order valence-corrected chi connectivity index (χ1v) is 8.67. The minimum atomic E-state index is 0.327. The molecule has 2 rings (SSSR count). The van der Waals surface area contributed by atoms with Crippen LogP contribution < -0.4 is 9.47 Å². The molecular formula is C19H29NO3. The van der Waals surface area contributed by atoms with Crippen LogP contribution in [-0.2, 0) is 4.79 Å². The minimum absolute atomic E-state index is 0.327. The lowest BCUT2D eigenvalue weighted by Crippen LogP contribution is -2.28. The largest absolute Gasteiger partial charge is 0.497 e. The molecule has 0 radical (unpaired) electrons. The minimum Gasteiger partial charge on any atom is -0.497 e. The van der Waals surface area contributed by atoms with E-state index < -0.39 is 0 Å². The van der Waals surface area contributed by atoms with Crippen molar-refractivity contribution in [2.24, 2.45) is 5.92 Å². The van der Waals surface area contributed by atoms with Gasteiger partial charge < -0.3 is 14.4 Å². The number of carbonyl (C=O) groups excluding carboxylic acids is 1. The lowest BCUT2D eigenvalue weighted by atomic mass is 9.85. The molecular weight excluding hydrogens is 290 g/mol. The van der Waals surface area contributed by atoms with E-state index in [0.717, 1.165) is 37.4 Å². The second-order valence-corrected chi connectivity index (χ2v) is 6.38. The summed E-state index contributed by atoms with van der Waals surface area (Å²) in [5.74, 6) is 2.45. The number of rotatable bonds is 9. The summed E-state index contributed by atoms with van der Waals surface area (Å²) in [6.07, 6.45) is 6.62. The van der Waals surface area contributed by atoms with Gasteiger partial charge in [-0.15, -0.1) is 0 Å². The molecule has 0 amide bonds. The van der Waals surface area contributed by atoms with E-state index in [1.54, 1.807) is 7.11 Å². The van der Waals surface area contributed by atoms with Gasteiger partial charge in [0.2, 0.25) is 0 Å². The third kappa shape index (κ3) is 6.22. The number of hydrogen-bond acceptors (Lipinski definition) is 4. The molecule has 1 aromatic carbocycles. The number of methoxy groups -OCH3 is 1. The van der Waals surface area contributed by atoms with Crippen LogP contribution in [-0.4, -0.2) is 44.5 Å². The molecule has 0 bridgehead atoms. The molecule has 23 heavy (non-hydrogen) atoms. The topological polar surface area (TPSA) is 38.8 Å². The van der Waals surface area contributed by atoms with E-state index in [0.29, 0.717) is 24.7 Å². The van der Waals surface area contributed by atoms with E-state index >= 15 is 0 Å². The molecule has 0 spiro atoms. The highest BCUT2D eigenvalue weighted by Gasteiger charge is 2.20. The van der Waals surface area contributed by atoms with E-state index in [1.807, 2.05) is 31.3 Å². The van der Waals surface area contributed by atoms with Crippen molar-refractivity contribution in [1.29, 1.82) is 0 Å². The van der Waals surface area contributed by atoms with Gasteiger partial charge in [0, 0.05) is 25.4 Å². The fourth-order valence-electron chi connectivity index (χ4n) is 3.03. The normalized spacial score (nSPS) is 15.6. The monoisotopic (exact) mass is 319 g/mol. The number of nitrogens with zero attached hydrogens (tertiary/aromatic N) is 1. The van der Waals surface area contributed by atoms with Crippen LogP contribution >= 0.6 is 0 Å². The lowest BCUT2D eigenvalue weighted by Gasteiger charge is -2.22. The van der Waals surface area contributed by atoms with Crippen LogP contribution in [0.3, 0.4) is 0 Å². The first-order valence-electron chi connectivity index (χ1n) is 8.67. The summed E-state index contributed by atoms with van der Waals surface area (Å²) in [7, 11) is 3.70. The number of benzene rings is 1. The number of ketones is 1. The van der Waals surface area contributed by atoms with Crippen molar-refractivity contribution in [1.82, 2.24) is 4.90 Å². The van der Waals surface area contributed by atoms with Gasteiger partial charge in [-0.2, -0.15) is 0 Å². The summed E-state index contributed by atoms with van der Waals surface area (Å²) in [5, 5.41) is 0. The van der Waals surface area contributed by atoms with E-state index in [1.165, 1.54) is 19.3 Å². The average molecular weight is 319 g/mol. The highest BCUT2D eigenvalue weighted by Crippen LogP contribution is 2.25. The molecule has 1 fully saturated rings. The summed E-state index contributed by atoms with van der Waals surface area (Å²) >= 11 is 0. The molecule has 0 aromatic heterocycles. The van der Waals surface area contributed by atoms with Crippen LogP contribution in [0.2, 0.25) is 0 Å². The summed E-state index contributed by atoms with van der Waals surface area (Å²) in [6.45, 7) is 2.27. The molecule has 1 saturated carbocycles. The van der Waals surface area contributed by atoms with Crippen molar-refractivity contribution in [2.45, 2.75) is 38.5 Å². The van der Waals surface area contributed by atoms with E-state index in [-0.39, 0.29) is 0 Å². The Balaban J connectivity index is 1.60. The number of likely N-dealkylation sites (N-methyl/N-ethyl adjacent to an activating group) is 1. The molecule has 4 nitrogen and oxygen atoms in total. The van der Waals surface area contributed by atoms with Gasteiger partial charge >= 0.3 is 0 Å². The van der Waals surface area contributed by atoms with Gasteiger partial charge in [0.05, 0.1) is 7.11 Å². The van der Waals surface area contributed by atoms with Crippen molar-refractivity contribution in [3.63, 3.8) is 0 Å². The number of hydrogen-bond donors (Lipinski definition) is 0. The molecule has 1 aliphatic carbocycles. The van der Waals surface area contributed by atoms with Crippen LogP contribution in [0, 0.1) is 5.92 Å². The van der Waals surface area contributed by atoms with E-state index in [9.17, 15) is 4.79 Å². The van der Waals surface area contributed by atoms with Gasteiger partial charge in [0.1, 0.15) is 23.9 Å². The van der Waals surface area contributed by atoms with Crippen LogP contribution in [0.4, 0.5) is 0 Å². The molecule has 0 N–H and O–H groups in total. The van der Waals surface area contributed by atoms with Crippen molar-refractivity contribution >= 4 is 5.78 Å². The zero-order chi connectivity index (χ0) is 16.5. The van der Waals surface area contributed by atoms with Crippen LogP contribution in [0.25, 0.3) is 0 Å². The molecule has 1 aromatic rings. The van der Waals surface area contributed by atoms with E-state index in [4.69, 9.17) is 9.47 Å². The van der Waals surface area contributed by atoms with Crippen molar-refractivity contribution < 1.29 is 14.3 Å². The maximum atomic E-state index is 12.2. The Morgan fingerprint density at radius 2 is 1.74 bits per heavy atom. The SMILES string of the molecule is COc1ccc(OCCN(C)CCC(=O)C2CCCCC2)cc1. The summed E-state index contributed by atoms with van der Waals surface area (Å²) < 4.78 is 10.8. The fraction of sp³-hybridized carbons (Fsp3) is 0.632. The Morgan fingerprint density at radius 1 is 1.09 bits per heavy atom. The molecule has 0 aliphatic heterocycles. The second kappa shape index (κ2) is 9.56. The molecule has 0 unspecified atom stereocenters. The maximum absolute atomic E-state index is 12.2. The Labute approximate surface area is 139 Å². The zero-order valence-corrected chi connectivity index (χ0v) is 14.4. The molecule has 0 heterocycles. The van der Waals surface area contributed by atoms with Crippen LogP contribution in [0.1, 0.15) is 38.5 Å². The highest BCUT2D eigenvalue weighted by molar-refractivity contribution is 5.81. The summed E-state index contributed by atoms with van der Waals surface area (Å²) in [5.41, 5.74) is 0. The smallest absolute Gasteiger partial charge is 0.137 e. The Hall–Kier alpha value is -1.55. The predicted octanol–water partition coefficient (Wildman–Crippen LogP) is 3.55. The zero-order valence-electron chi connectivity index (χ0n) is 14.4. The van der Waals surface area contributed by atoms with Gasteiger partial charge in [-0.3, -0.25) is 4.79 Å². The van der Waals surface area contributed by atoms with Crippen molar-refractivity contribution in [2.75, 3.05) is 33.9 Å². The van der Waals surface area contributed by atoms with Crippen molar-refractivity contribution in [3.8, 4) is 11.5 Å². The standard InChI is InChI=1S/C19H29NO3/c1-20(13-12-19(21)16-6-4-3-5-7-16)14-15-23-18-10-8-17(22-2)9-11-18/h8-11,16H,3-7,12-15H2,1-2H3. The van der Waals surface area contributed by atoms with Gasteiger partial charge in [-0.25, -0.2) is 0 Å². The molecule has 1 aliphatic rings. The van der Waals surface area contributed by atoms with Crippen LogP contribution in [0.15, 0.2) is 24.3 Å². The first-order chi connectivity index (χ1) is 11.2. The maximum Gasteiger partial charge on any atom is 0.137 e. The fourth-order valence-corrected chi connectivity index (χ4v) is 3.03. The summed E-state index contributed by atoms with van der Waals surface area (Å²) in [4.78, 5) is 14.4. The molecule has 0 atom stereocenters. The van der Waals surface area contributed by atoms with Crippen LogP contribution in [0.5, 0.6) is 11.5 Å². The van der Waals surface area contributed by atoms with Crippen molar-refractivity contribution in [3.05, 3.63) is 24.3 Å². The Morgan fingerprint density at radius 3 is 2.39 bits per heavy atom. The van der Waals surface area contributed by atoms with Gasteiger partial charge in [0.15, 0.2) is 0 Å². The Bertz CT molecular complexity index is 466. The van der Waals surface area contributed by atoms with Gasteiger partial charge in [-0.05, 0) is 44.2 Å². The first kappa shape index (κ1) is 17.8.